The lowest BCUT2D eigenvalue weighted by Gasteiger charge is -2.14. The Labute approximate surface area is 101 Å². The third-order valence-electron chi connectivity index (χ3n) is 2.81. The molecule has 1 fully saturated rings. The molecular weight excluding hydrogens is 222 g/mol. The molecule has 1 aromatic carbocycles. The van der Waals surface area contributed by atoms with Crippen molar-refractivity contribution in [3.63, 3.8) is 0 Å². The summed E-state index contributed by atoms with van der Waals surface area (Å²) in [6.45, 7) is 0. The maximum absolute atomic E-state index is 5.28. The van der Waals surface area contributed by atoms with Gasteiger partial charge in [0.1, 0.15) is 0 Å². The van der Waals surface area contributed by atoms with Crippen LogP contribution in [0.1, 0.15) is 24.4 Å². The maximum Gasteiger partial charge on any atom is 0.161 e. The van der Waals surface area contributed by atoms with Crippen molar-refractivity contribution in [1.82, 2.24) is 5.32 Å². The van der Waals surface area contributed by atoms with Crippen LogP contribution in [-0.2, 0) is 0 Å². The molecule has 16 heavy (non-hydrogen) atoms. The summed E-state index contributed by atoms with van der Waals surface area (Å²) in [5, 5.41) is 3.29. The molecule has 1 aliphatic heterocycles. The average molecular weight is 237 g/mol. The molecule has 1 heterocycles. The fourth-order valence-electron chi connectivity index (χ4n) is 1.93. The summed E-state index contributed by atoms with van der Waals surface area (Å²) in [6.07, 6.45) is 2.02. The molecule has 0 amide bonds. The van der Waals surface area contributed by atoms with Crippen LogP contribution in [0, 0.1) is 0 Å². The standard InChI is InChI=1S/C12H15NO2S/c1-14-10-5-3-8(7-11(10)15-2)9-4-6-12(16)13-9/h3,5,7,9H,4,6H2,1-2H3,(H,13,16). The smallest absolute Gasteiger partial charge is 0.161 e. The van der Waals surface area contributed by atoms with Gasteiger partial charge in [-0.25, -0.2) is 0 Å². The van der Waals surface area contributed by atoms with Gasteiger partial charge in [-0.15, -0.1) is 0 Å². The number of methoxy groups -OCH3 is 2. The average Bonchev–Trinajstić information content (AvgIpc) is 2.75. The van der Waals surface area contributed by atoms with E-state index < -0.39 is 0 Å². The molecule has 3 nitrogen and oxygen atoms in total. The summed E-state index contributed by atoms with van der Waals surface area (Å²) in [4.78, 5) is 0.944. The Balaban J connectivity index is 2.25. The summed E-state index contributed by atoms with van der Waals surface area (Å²) >= 11 is 5.14. The molecule has 2 rings (SSSR count). The first-order chi connectivity index (χ1) is 7.74. The van der Waals surface area contributed by atoms with E-state index in [-0.39, 0.29) is 0 Å². The number of hydrogen-bond donors (Lipinski definition) is 1. The van der Waals surface area contributed by atoms with Crippen molar-refractivity contribution in [2.45, 2.75) is 18.9 Å². The van der Waals surface area contributed by atoms with E-state index in [4.69, 9.17) is 21.7 Å². The Morgan fingerprint density at radius 3 is 2.56 bits per heavy atom. The van der Waals surface area contributed by atoms with Crippen molar-refractivity contribution in [3.05, 3.63) is 23.8 Å². The van der Waals surface area contributed by atoms with Crippen LogP contribution in [0.5, 0.6) is 11.5 Å². The highest BCUT2D eigenvalue weighted by atomic mass is 32.1. The number of nitrogens with one attached hydrogen (secondary N) is 1. The summed E-state index contributed by atoms with van der Waals surface area (Å²) in [5.74, 6) is 1.52. The van der Waals surface area contributed by atoms with Crippen LogP contribution < -0.4 is 14.8 Å². The minimum Gasteiger partial charge on any atom is -0.493 e. The van der Waals surface area contributed by atoms with Crippen LogP contribution in [0.15, 0.2) is 18.2 Å². The topological polar surface area (TPSA) is 30.5 Å². The normalized spacial score (nSPS) is 19.4. The van der Waals surface area contributed by atoms with Gasteiger partial charge in [0, 0.05) is 0 Å². The second kappa shape index (κ2) is 4.70. The molecule has 1 saturated heterocycles. The van der Waals surface area contributed by atoms with Crippen LogP contribution in [0.4, 0.5) is 0 Å². The molecule has 0 radical (unpaired) electrons. The summed E-state index contributed by atoms with van der Waals surface area (Å²) in [6, 6.07) is 6.29. The minimum atomic E-state index is 0.312. The van der Waals surface area contributed by atoms with Crippen LogP contribution in [-0.4, -0.2) is 19.2 Å². The molecule has 1 N–H and O–H groups in total. The van der Waals surface area contributed by atoms with Crippen molar-refractivity contribution in [3.8, 4) is 11.5 Å². The van der Waals surface area contributed by atoms with E-state index in [1.807, 2.05) is 18.2 Å². The lowest BCUT2D eigenvalue weighted by molar-refractivity contribution is 0.354. The van der Waals surface area contributed by atoms with Gasteiger partial charge >= 0.3 is 0 Å². The summed E-state index contributed by atoms with van der Waals surface area (Å²) in [5.41, 5.74) is 1.19. The highest BCUT2D eigenvalue weighted by molar-refractivity contribution is 7.80. The van der Waals surface area contributed by atoms with Gasteiger partial charge in [0.05, 0.1) is 25.2 Å². The lowest BCUT2D eigenvalue weighted by Crippen LogP contribution is -2.16. The maximum atomic E-state index is 5.28. The first-order valence-electron chi connectivity index (χ1n) is 5.26. The van der Waals surface area contributed by atoms with Crippen LogP contribution in [0.25, 0.3) is 0 Å². The van der Waals surface area contributed by atoms with Gasteiger partial charge in [0.25, 0.3) is 0 Å². The summed E-state index contributed by atoms with van der Waals surface area (Å²) < 4.78 is 10.5. The fraction of sp³-hybridized carbons (Fsp3) is 0.417. The van der Waals surface area contributed by atoms with E-state index in [9.17, 15) is 0 Å². The van der Waals surface area contributed by atoms with Crippen LogP contribution in [0.3, 0.4) is 0 Å². The first kappa shape index (κ1) is 11.2. The molecule has 0 aliphatic carbocycles. The Hall–Kier alpha value is -1.29. The van der Waals surface area contributed by atoms with E-state index in [2.05, 4.69) is 5.32 Å². The zero-order valence-electron chi connectivity index (χ0n) is 9.45. The highest BCUT2D eigenvalue weighted by Crippen LogP contribution is 2.32. The molecule has 86 valence electrons. The Morgan fingerprint density at radius 1 is 1.25 bits per heavy atom. The van der Waals surface area contributed by atoms with E-state index in [0.29, 0.717) is 6.04 Å². The number of hydrogen-bond acceptors (Lipinski definition) is 3. The van der Waals surface area contributed by atoms with E-state index in [1.165, 1.54) is 5.56 Å². The molecular formula is C12H15NO2S. The molecule has 1 aliphatic rings. The first-order valence-corrected chi connectivity index (χ1v) is 5.66. The highest BCUT2D eigenvalue weighted by Gasteiger charge is 2.20. The number of ether oxygens (including phenoxy) is 2. The molecule has 0 aromatic heterocycles. The number of thiocarbonyl (C=S) groups is 1. The largest absolute Gasteiger partial charge is 0.493 e. The van der Waals surface area contributed by atoms with E-state index in [1.54, 1.807) is 14.2 Å². The monoisotopic (exact) mass is 237 g/mol. The fourth-order valence-corrected chi connectivity index (χ4v) is 2.19. The predicted octanol–water partition coefficient (Wildman–Crippen LogP) is 2.46. The minimum absolute atomic E-state index is 0.312. The quantitative estimate of drug-likeness (QED) is 0.818. The van der Waals surface area contributed by atoms with Crippen molar-refractivity contribution in [2.75, 3.05) is 14.2 Å². The summed E-state index contributed by atoms with van der Waals surface area (Å²) in [7, 11) is 3.29. The molecule has 0 saturated carbocycles. The molecule has 1 aromatic rings. The van der Waals surface area contributed by atoms with Crippen molar-refractivity contribution in [1.29, 1.82) is 0 Å². The van der Waals surface area contributed by atoms with Gasteiger partial charge in [0.15, 0.2) is 11.5 Å². The molecule has 4 heteroatoms. The lowest BCUT2D eigenvalue weighted by atomic mass is 10.0. The Kier molecular flexibility index (Phi) is 3.29. The third kappa shape index (κ3) is 2.11. The SMILES string of the molecule is COc1ccc(C2CCC(=S)N2)cc1OC. The van der Waals surface area contributed by atoms with Crippen LogP contribution in [0.2, 0.25) is 0 Å². The Morgan fingerprint density at radius 2 is 2.00 bits per heavy atom. The third-order valence-corrected chi connectivity index (χ3v) is 3.13. The van der Waals surface area contributed by atoms with Gasteiger partial charge < -0.3 is 14.8 Å². The number of rotatable bonds is 3. The zero-order valence-corrected chi connectivity index (χ0v) is 10.3. The van der Waals surface area contributed by atoms with Crippen molar-refractivity contribution < 1.29 is 9.47 Å². The van der Waals surface area contributed by atoms with Gasteiger partial charge in [-0.3, -0.25) is 0 Å². The second-order valence-electron chi connectivity index (χ2n) is 3.77. The van der Waals surface area contributed by atoms with Gasteiger partial charge in [0.2, 0.25) is 0 Å². The molecule has 0 bridgehead atoms. The zero-order chi connectivity index (χ0) is 11.5. The van der Waals surface area contributed by atoms with Gasteiger partial charge in [-0.05, 0) is 30.5 Å². The van der Waals surface area contributed by atoms with Crippen molar-refractivity contribution >= 4 is 17.2 Å². The predicted molar refractivity (Wildman–Crippen MR) is 67.3 cm³/mol. The molecule has 1 atom stereocenters. The molecule has 1 unspecified atom stereocenters. The van der Waals surface area contributed by atoms with Gasteiger partial charge in [-0.2, -0.15) is 0 Å². The second-order valence-corrected chi connectivity index (χ2v) is 4.27. The van der Waals surface area contributed by atoms with Gasteiger partial charge in [-0.1, -0.05) is 18.3 Å². The van der Waals surface area contributed by atoms with Crippen LogP contribution >= 0.6 is 12.2 Å². The van der Waals surface area contributed by atoms with E-state index >= 15 is 0 Å². The Bertz CT molecular complexity index is 406. The number of benzene rings is 1. The molecule has 0 spiro atoms. The van der Waals surface area contributed by atoms with Crippen molar-refractivity contribution in [2.24, 2.45) is 0 Å². The van der Waals surface area contributed by atoms with E-state index in [0.717, 1.165) is 29.3 Å².